The molecule has 0 radical (unpaired) electrons. The molecule has 1 N–H and O–H groups in total. The van der Waals surface area contributed by atoms with Crippen LogP contribution in [0.4, 0.5) is 4.39 Å². The number of carbonyl (C=O) groups is 1. The van der Waals surface area contributed by atoms with Crippen LogP contribution in [0, 0.1) is 11.7 Å². The van der Waals surface area contributed by atoms with Crippen LogP contribution in [0.2, 0.25) is 5.02 Å². The Balaban J connectivity index is 1.92. The number of aliphatic hydroxyl groups excluding tert-OH is 1. The molecule has 4 nitrogen and oxygen atoms in total. The zero-order chi connectivity index (χ0) is 16.3. The molecular weight excluding hydrogens is 307 g/mol. The van der Waals surface area contributed by atoms with Gasteiger partial charge in [-0.1, -0.05) is 24.6 Å². The van der Waals surface area contributed by atoms with Crippen LogP contribution in [0.1, 0.15) is 18.9 Å². The SMILES string of the molecule is CC1CCN(CC(=O)N(C)Cc2c(F)cccc2Cl)CC1O. The summed E-state index contributed by atoms with van der Waals surface area (Å²) in [6.45, 7) is 3.67. The second-order valence-electron chi connectivity index (χ2n) is 6.02. The van der Waals surface area contributed by atoms with Crippen molar-refractivity contribution < 1.29 is 14.3 Å². The molecule has 0 spiro atoms. The lowest BCUT2D eigenvalue weighted by Gasteiger charge is -2.34. The van der Waals surface area contributed by atoms with Gasteiger partial charge in [0.25, 0.3) is 0 Å². The van der Waals surface area contributed by atoms with Crippen molar-refractivity contribution in [1.82, 2.24) is 9.80 Å². The summed E-state index contributed by atoms with van der Waals surface area (Å²) in [6.07, 6.45) is 0.477. The van der Waals surface area contributed by atoms with Crippen molar-refractivity contribution in [3.8, 4) is 0 Å². The number of likely N-dealkylation sites (tertiary alicyclic amines) is 1. The van der Waals surface area contributed by atoms with E-state index in [9.17, 15) is 14.3 Å². The summed E-state index contributed by atoms with van der Waals surface area (Å²) in [4.78, 5) is 15.7. The van der Waals surface area contributed by atoms with Gasteiger partial charge in [0.05, 0.1) is 12.6 Å². The van der Waals surface area contributed by atoms with Crippen LogP contribution in [0.15, 0.2) is 18.2 Å². The van der Waals surface area contributed by atoms with Gasteiger partial charge in [0.1, 0.15) is 5.82 Å². The second-order valence-corrected chi connectivity index (χ2v) is 6.43. The van der Waals surface area contributed by atoms with Gasteiger partial charge in [0, 0.05) is 30.7 Å². The molecule has 0 aliphatic carbocycles. The van der Waals surface area contributed by atoms with E-state index in [2.05, 4.69) is 0 Å². The molecule has 2 unspecified atom stereocenters. The minimum absolute atomic E-state index is 0.110. The molecule has 1 aromatic rings. The largest absolute Gasteiger partial charge is 0.392 e. The van der Waals surface area contributed by atoms with E-state index in [0.717, 1.165) is 13.0 Å². The smallest absolute Gasteiger partial charge is 0.236 e. The zero-order valence-electron chi connectivity index (χ0n) is 12.9. The monoisotopic (exact) mass is 328 g/mol. The Morgan fingerprint density at radius 1 is 1.55 bits per heavy atom. The fraction of sp³-hybridized carbons (Fsp3) is 0.562. The highest BCUT2D eigenvalue weighted by molar-refractivity contribution is 6.31. The average molecular weight is 329 g/mol. The van der Waals surface area contributed by atoms with E-state index in [4.69, 9.17) is 11.6 Å². The first-order valence-electron chi connectivity index (χ1n) is 7.45. The fourth-order valence-electron chi connectivity index (χ4n) is 2.58. The summed E-state index contributed by atoms with van der Waals surface area (Å²) in [5, 5.41) is 10.2. The van der Waals surface area contributed by atoms with Gasteiger partial charge >= 0.3 is 0 Å². The molecule has 2 rings (SSSR count). The molecule has 122 valence electrons. The Morgan fingerprint density at radius 3 is 2.91 bits per heavy atom. The number of halogens is 2. The lowest BCUT2D eigenvalue weighted by molar-refractivity contribution is -0.132. The first-order valence-corrected chi connectivity index (χ1v) is 7.83. The van der Waals surface area contributed by atoms with Gasteiger partial charge in [-0.05, 0) is 31.0 Å². The van der Waals surface area contributed by atoms with E-state index >= 15 is 0 Å². The molecule has 1 fully saturated rings. The Kier molecular flexibility index (Phi) is 5.78. The molecule has 2 atom stereocenters. The summed E-state index contributed by atoms with van der Waals surface area (Å²) in [7, 11) is 1.63. The van der Waals surface area contributed by atoms with Crippen molar-refractivity contribution in [2.24, 2.45) is 5.92 Å². The Bertz CT molecular complexity index is 521. The number of hydrogen-bond donors (Lipinski definition) is 1. The summed E-state index contributed by atoms with van der Waals surface area (Å²) >= 11 is 5.98. The van der Waals surface area contributed by atoms with E-state index in [1.54, 1.807) is 19.2 Å². The Hall–Kier alpha value is -1.17. The molecular formula is C16H22ClFN2O2. The van der Waals surface area contributed by atoms with Gasteiger partial charge in [-0.3, -0.25) is 9.69 Å². The van der Waals surface area contributed by atoms with Crippen LogP contribution >= 0.6 is 11.6 Å². The molecule has 6 heteroatoms. The topological polar surface area (TPSA) is 43.8 Å². The normalized spacial score (nSPS) is 22.6. The van der Waals surface area contributed by atoms with Crippen molar-refractivity contribution in [3.63, 3.8) is 0 Å². The predicted molar refractivity (Wildman–Crippen MR) is 84.1 cm³/mol. The molecule has 1 aliphatic rings. The van der Waals surface area contributed by atoms with Gasteiger partial charge in [-0.15, -0.1) is 0 Å². The van der Waals surface area contributed by atoms with Crippen molar-refractivity contribution in [2.75, 3.05) is 26.7 Å². The molecule has 1 saturated heterocycles. The Labute approximate surface area is 135 Å². The van der Waals surface area contributed by atoms with E-state index in [1.807, 2.05) is 11.8 Å². The number of β-amino-alcohol motifs (C(OH)–C–C–N with tert-alkyl or cyclic N) is 1. The Morgan fingerprint density at radius 2 is 2.27 bits per heavy atom. The second kappa shape index (κ2) is 7.40. The number of piperidine rings is 1. The molecule has 22 heavy (non-hydrogen) atoms. The highest BCUT2D eigenvalue weighted by Gasteiger charge is 2.26. The summed E-state index contributed by atoms with van der Waals surface area (Å²) in [5.41, 5.74) is 0.326. The molecule has 1 aromatic carbocycles. The van der Waals surface area contributed by atoms with Crippen molar-refractivity contribution in [3.05, 3.63) is 34.6 Å². The number of carbonyl (C=O) groups excluding carboxylic acids is 1. The number of nitrogens with zero attached hydrogens (tertiary/aromatic N) is 2. The maximum atomic E-state index is 13.8. The van der Waals surface area contributed by atoms with E-state index in [1.165, 1.54) is 11.0 Å². The molecule has 0 aromatic heterocycles. The molecule has 0 saturated carbocycles. The summed E-state index contributed by atoms with van der Waals surface area (Å²) in [6, 6.07) is 4.49. The maximum absolute atomic E-state index is 13.8. The maximum Gasteiger partial charge on any atom is 0.236 e. The van der Waals surface area contributed by atoms with Gasteiger partial charge in [0.2, 0.25) is 5.91 Å². The highest BCUT2D eigenvalue weighted by atomic mass is 35.5. The van der Waals surface area contributed by atoms with Crippen LogP contribution in [-0.2, 0) is 11.3 Å². The number of amides is 1. The number of benzene rings is 1. The van der Waals surface area contributed by atoms with Gasteiger partial charge < -0.3 is 10.0 Å². The fourth-order valence-corrected chi connectivity index (χ4v) is 2.80. The summed E-state index contributed by atoms with van der Waals surface area (Å²) < 4.78 is 13.8. The molecule has 1 aliphatic heterocycles. The third kappa shape index (κ3) is 4.18. The van der Waals surface area contributed by atoms with Crippen LogP contribution in [0.5, 0.6) is 0 Å². The van der Waals surface area contributed by atoms with Crippen LogP contribution in [-0.4, -0.2) is 53.6 Å². The first kappa shape index (κ1) is 17.2. The standard InChI is InChI=1S/C16H22ClFN2O2/c1-11-6-7-20(9-15(11)21)10-16(22)19(2)8-12-13(17)4-3-5-14(12)18/h3-5,11,15,21H,6-10H2,1-2H3. The van der Waals surface area contributed by atoms with Crippen molar-refractivity contribution in [2.45, 2.75) is 26.0 Å². The van der Waals surface area contributed by atoms with Gasteiger partial charge in [0.15, 0.2) is 0 Å². The number of rotatable bonds is 4. The molecule has 1 heterocycles. The minimum Gasteiger partial charge on any atom is -0.392 e. The third-order valence-corrected chi connectivity index (χ3v) is 4.60. The zero-order valence-corrected chi connectivity index (χ0v) is 13.7. The third-order valence-electron chi connectivity index (χ3n) is 4.24. The number of hydrogen-bond acceptors (Lipinski definition) is 3. The summed E-state index contributed by atoms with van der Waals surface area (Å²) in [5.74, 6) is -0.253. The van der Waals surface area contributed by atoms with E-state index < -0.39 is 11.9 Å². The van der Waals surface area contributed by atoms with Crippen LogP contribution < -0.4 is 0 Å². The van der Waals surface area contributed by atoms with E-state index in [0.29, 0.717) is 17.1 Å². The van der Waals surface area contributed by atoms with Crippen molar-refractivity contribution in [1.29, 1.82) is 0 Å². The van der Waals surface area contributed by atoms with Crippen LogP contribution in [0.3, 0.4) is 0 Å². The highest BCUT2D eigenvalue weighted by Crippen LogP contribution is 2.21. The average Bonchev–Trinajstić information content (AvgIpc) is 2.46. The lowest BCUT2D eigenvalue weighted by atomic mass is 9.96. The van der Waals surface area contributed by atoms with Crippen molar-refractivity contribution >= 4 is 17.5 Å². The lowest BCUT2D eigenvalue weighted by Crippen LogP contribution is -2.47. The minimum atomic E-state index is -0.408. The quantitative estimate of drug-likeness (QED) is 0.921. The van der Waals surface area contributed by atoms with Gasteiger partial charge in [-0.2, -0.15) is 0 Å². The predicted octanol–water partition coefficient (Wildman–Crippen LogP) is 2.14. The molecule has 1 amide bonds. The molecule has 0 bridgehead atoms. The first-order chi connectivity index (χ1) is 10.4. The van der Waals surface area contributed by atoms with E-state index in [-0.39, 0.29) is 24.9 Å². The van der Waals surface area contributed by atoms with Crippen LogP contribution in [0.25, 0.3) is 0 Å². The number of likely N-dealkylation sites (N-methyl/N-ethyl adjacent to an activating group) is 1. The number of aliphatic hydroxyl groups is 1. The van der Waals surface area contributed by atoms with Gasteiger partial charge in [-0.25, -0.2) is 4.39 Å².